The number of hydrogen-bond donors (Lipinski definition) is 1. The van der Waals surface area contributed by atoms with Crippen molar-refractivity contribution in [2.24, 2.45) is 0 Å². The summed E-state index contributed by atoms with van der Waals surface area (Å²) < 4.78 is 13.3. The number of aromatic nitrogens is 1. The Kier molecular flexibility index (Phi) is 3.98. The van der Waals surface area contributed by atoms with Gasteiger partial charge in [-0.25, -0.2) is 4.39 Å². The predicted molar refractivity (Wildman–Crippen MR) is 86.6 cm³/mol. The highest BCUT2D eigenvalue weighted by Crippen LogP contribution is 2.25. The van der Waals surface area contributed by atoms with Crippen molar-refractivity contribution in [1.82, 2.24) is 4.98 Å². The zero-order valence-electron chi connectivity index (χ0n) is 11.8. The van der Waals surface area contributed by atoms with Crippen LogP contribution in [0.4, 0.5) is 10.1 Å². The lowest BCUT2D eigenvalue weighted by Crippen LogP contribution is -2.13. The van der Waals surface area contributed by atoms with Crippen molar-refractivity contribution in [2.45, 2.75) is 6.92 Å². The van der Waals surface area contributed by atoms with E-state index >= 15 is 0 Å². The topological polar surface area (TPSA) is 42.0 Å². The van der Waals surface area contributed by atoms with Crippen LogP contribution in [0.1, 0.15) is 15.9 Å². The second kappa shape index (κ2) is 6.07. The minimum Gasteiger partial charge on any atom is -0.322 e. The van der Waals surface area contributed by atoms with E-state index in [4.69, 9.17) is 0 Å². The fraction of sp³-hybridized carbons (Fsp3) is 0.0588. The highest BCUT2D eigenvalue weighted by molar-refractivity contribution is 7.13. The molecule has 0 saturated carbocycles. The van der Waals surface area contributed by atoms with Crippen LogP contribution in [0.15, 0.2) is 54.2 Å². The number of hydrogen-bond acceptors (Lipinski definition) is 3. The van der Waals surface area contributed by atoms with Crippen LogP contribution in [0.25, 0.3) is 10.4 Å². The lowest BCUT2D eigenvalue weighted by atomic mass is 10.1. The van der Waals surface area contributed by atoms with E-state index in [2.05, 4.69) is 10.3 Å². The number of pyridine rings is 1. The average molecular weight is 312 g/mol. The van der Waals surface area contributed by atoms with Crippen molar-refractivity contribution in [1.29, 1.82) is 0 Å². The lowest BCUT2D eigenvalue weighted by molar-refractivity contribution is 0.102. The molecule has 110 valence electrons. The van der Waals surface area contributed by atoms with E-state index in [1.165, 1.54) is 18.3 Å². The van der Waals surface area contributed by atoms with Gasteiger partial charge in [0.1, 0.15) is 5.82 Å². The molecule has 0 atom stereocenters. The summed E-state index contributed by atoms with van der Waals surface area (Å²) in [5.41, 5.74) is 2.59. The molecule has 2 heterocycles. The van der Waals surface area contributed by atoms with Gasteiger partial charge in [-0.1, -0.05) is 12.1 Å². The molecular formula is C17H13FN2OS. The molecule has 0 unspecified atom stereocenters. The number of halogens is 1. The molecule has 0 radical (unpaired) electrons. The van der Waals surface area contributed by atoms with E-state index in [1.54, 1.807) is 29.7 Å². The lowest BCUT2D eigenvalue weighted by Gasteiger charge is -2.09. The maximum Gasteiger partial charge on any atom is 0.257 e. The van der Waals surface area contributed by atoms with E-state index in [9.17, 15) is 9.18 Å². The Hall–Kier alpha value is -2.53. The van der Waals surface area contributed by atoms with Gasteiger partial charge in [0, 0.05) is 28.5 Å². The number of nitrogens with zero attached hydrogens (tertiary/aromatic N) is 1. The fourth-order valence-corrected chi connectivity index (χ4v) is 2.77. The van der Waals surface area contributed by atoms with Crippen molar-refractivity contribution in [2.75, 3.05) is 5.32 Å². The SMILES string of the molecule is Cc1ccc(F)cc1NC(=O)c1cncc(-c2cccs2)c1. The number of carbonyl (C=O) groups is 1. The molecule has 22 heavy (non-hydrogen) atoms. The smallest absolute Gasteiger partial charge is 0.257 e. The Balaban J connectivity index is 1.86. The van der Waals surface area contributed by atoms with Crippen molar-refractivity contribution in [3.8, 4) is 10.4 Å². The Bertz CT molecular complexity index is 815. The van der Waals surface area contributed by atoms with Gasteiger partial charge in [-0.15, -0.1) is 11.3 Å². The van der Waals surface area contributed by atoms with Gasteiger partial charge in [-0.05, 0) is 42.1 Å². The van der Waals surface area contributed by atoms with Gasteiger partial charge in [-0.3, -0.25) is 9.78 Å². The van der Waals surface area contributed by atoms with E-state index < -0.39 is 0 Å². The van der Waals surface area contributed by atoms with Crippen molar-refractivity contribution in [3.63, 3.8) is 0 Å². The van der Waals surface area contributed by atoms with E-state index in [0.29, 0.717) is 11.3 Å². The largest absolute Gasteiger partial charge is 0.322 e. The van der Waals surface area contributed by atoms with Gasteiger partial charge in [0.05, 0.1) is 5.56 Å². The van der Waals surface area contributed by atoms with Crippen LogP contribution in [0, 0.1) is 12.7 Å². The second-order valence-electron chi connectivity index (χ2n) is 4.85. The fourth-order valence-electron chi connectivity index (χ4n) is 2.07. The first-order valence-corrected chi connectivity index (χ1v) is 7.58. The molecule has 0 saturated heterocycles. The molecule has 1 amide bonds. The molecule has 3 aromatic rings. The first-order chi connectivity index (χ1) is 10.6. The molecule has 0 bridgehead atoms. The maximum absolute atomic E-state index is 13.3. The first kappa shape index (κ1) is 14.4. The monoisotopic (exact) mass is 312 g/mol. The molecule has 3 rings (SSSR count). The van der Waals surface area contributed by atoms with Crippen LogP contribution in [0.2, 0.25) is 0 Å². The quantitative estimate of drug-likeness (QED) is 0.773. The van der Waals surface area contributed by atoms with Crippen LogP contribution < -0.4 is 5.32 Å². The van der Waals surface area contributed by atoms with Gasteiger partial charge in [0.25, 0.3) is 5.91 Å². The maximum atomic E-state index is 13.3. The number of nitrogens with one attached hydrogen (secondary N) is 1. The van der Waals surface area contributed by atoms with Crippen LogP contribution in [-0.4, -0.2) is 10.9 Å². The van der Waals surface area contributed by atoms with Crippen molar-refractivity contribution < 1.29 is 9.18 Å². The van der Waals surface area contributed by atoms with E-state index in [-0.39, 0.29) is 11.7 Å². The van der Waals surface area contributed by atoms with Crippen LogP contribution in [0.3, 0.4) is 0 Å². The third kappa shape index (κ3) is 3.04. The summed E-state index contributed by atoms with van der Waals surface area (Å²) in [5.74, 6) is -0.689. The Labute approximate surface area is 131 Å². The van der Waals surface area contributed by atoms with Crippen LogP contribution in [-0.2, 0) is 0 Å². The Morgan fingerprint density at radius 1 is 1.23 bits per heavy atom. The summed E-state index contributed by atoms with van der Waals surface area (Å²) in [4.78, 5) is 17.5. The molecule has 3 nitrogen and oxygen atoms in total. The molecule has 5 heteroatoms. The Morgan fingerprint density at radius 3 is 2.86 bits per heavy atom. The molecule has 0 fully saturated rings. The standard InChI is InChI=1S/C17H13FN2OS/c1-11-4-5-14(18)8-15(11)20-17(21)13-7-12(9-19-10-13)16-3-2-6-22-16/h2-10H,1H3,(H,20,21). The highest BCUT2D eigenvalue weighted by atomic mass is 32.1. The van der Waals surface area contributed by atoms with Gasteiger partial charge >= 0.3 is 0 Å². The first-order valence-electron chi connectivity index (χ1n) is 6.70. The van der Waals surface area contributed by atoms with Crippen molar-refractivity contribution >= 4 is 22.9 Å². The summed E-state index contributed by atoms with van der Waals surface area (Å²) in [6.45, 7) is 1.81. The summed E-state index contributed by atoms with van der Waals surface area (Å²) in [7, 11) is 0. The summed E-state index contributed by atoms with van der Waals surface area (Å²) in [6.07, 6.45) is 3.22. The molecule has 0 aliphatic rings. The summed E-state index contributed by atoms with van der Waals surface area (Å²) >= 11 is 1.58. The van der Waals surface area contributed by atoms with Gasteiger partial charge in [0.15, 0.2) is 0 Å². The molecule has 0 spiro atoms. The predicted octanol–water partition coefficient (Wildman–Crippen LogP) is 4.51. The number of thiophene rings is 1. The number of carbonyl (C=O) groups excluding carboxylic acids is 1. The zero-order valence-corrected chi connectivity index (χ0v) is 12.7. The third-order valence-corrected chi connectivity index (χ3v) is 4.17. The van der Waals surface area contributed by atoms with Gasteiger partial charge < -0.3 is 5.32 Å². The van der Waals surface area contributed by atoms with E-state index in [0.717, 1.165) is 16.0 Å². The number of benzene rings is 1. The van der Waals surface area contributed by atoms with Crippen LogP contribution in [0.5, 0.6) is 0 Å². The van der Waals surface area contributed by atoms with Gasteiger partial charge in [0.2, 0.25) is 0 Å². The van der Waals surface area contributed by atoms with Crippen molar-refractivity contribution in [3.05, 3.63) is 71.1 Å². The molecule has 2 aromatic heterocycles. The summed E-state index contributed by atoms with van der Waals surface area (Å²) in [6, 6.07) is 10.0. The normalized spacial score (nSPS) is 10.5. The summed E-state index contributed by atoms with van der Waals surface area (Å²) in [5, 5.41) is 4.69. The Morgan fingerprint density at radius 2 is 2.09 bits per heavy atom. The third-order valence-electron chi connectivity index (χ3n) is 3.25. The minimum absolute atomic E-state index is 0.306. The second-order valence-corrected chi connectivity index (χ2v) is 5.80. The zero-order chi connectivity index (χ0) is 15.5. The molecule has 1 aromatic carbocycles. The molecular weight excluding hydrogens is 299 g/mol. The van der Waals surface area contributed by atoms with E-state index in [1.807, 2.05) is 24.4 Å². The number of amides is 1. The molecule has 0 aliphatic carbocycles. The van der Waals surface area contributed by atoms with Crippen LogP contribution >= 0.6 is 11.3 Å². The number of anilines is 1. The number of rotatable bonds is 3. The van der Waals surface area contributed by atoms with Gasteiger partial charge in [-0.2, -0.15) is 0 Å². The average Bonchev–Trinajstić information content (AvgIpc) is 3.05. The highest BCUT2D eigenvalue weighted by Gasteiger charge is 2.10. The molecule has 0 aliphatic heterocycles. The minimum atomic E-state index is -0.383. The number of aryl methyl sites for hydroxylation is 1. The molecule has 1 N–H and O–H groups in total.